The number of nitrogens with one attached hydrogen (secondary N) is 1. The van der Waals surface area contributed by atoms with Crippen molar-refractivity contribution >= 4 is 23.4 Å². The van der Waals surface area contributed by atoms with Crippen molar-refractivity contribution < 1.29 is 13.6 Å². The predicted octanol–water partition coefficient (Wildman–Crippen LogP) is 3.07. The number of halogens is 2. The normalized spacial score (nSPS) is 10.4. The standard InChI is InChI=1S/C15H14F2N2OS/c16-12-9-13(17)14(18)8-11(12)15(20)19-6-7-21-10-4-2-1-3-5-10/h1-5,8-9H,6-7,18H2,(H,19,20). The van der Waals surface area contributed by atoms with Crippen LogP contribution in [-0.4, -0.2) is 18.2 Å². The van der Waals surface area contributed by atoms with Crippen LogP contribution >= 0.6 is 11.8 Å². The molecule has 0 aromatic heterocycles. The first-order valence-corrected chi connectivity index (χ1v) is 7.27. The van der Waals surface area contributed by atoms with E-state index in [0.29, 0.717) is 18.4 Å². The number of carbonyl (C=O) groups excluding carboxylic acids is 1. The van der Waals surface area contributed by atoms with E-state index in [4.69, 9.17) is 5.73 Å². The van der Waals surface area contributed by atoms with E-state index in [2.05, 4.69) is 5.32 Å². The third-order valence-corrected chi connectivity index (χ3v) is 3.74. The maximum absolute atomic E-state index is 13.5. The lowest BCUT2D eigenvalue weighted by Gasteiger charge is -2.07. The minimum absolute atomic E-state index is 0.250. The van der Waals surface area contributed by atoms with Crippen molar-refractivity contribution in [3.8, 4) is 0 Å². The summed E-state index contributed by atoms with van der Waals surface area (Å²) in [7, 11) is 0. The number of carbonyl (C=O) groups is 1. The molecular weight excluding hydrogens is 294 g/mol. The summed E-state index contributed by atoms with van der Waals surface area (Å²) in [5.41, 5.74) is 4.83. The van der Waals surface area contributed by atoms with E-state index >= 15 is 0 Å². The zero-order valence-corrected chi connectivity index (χ0v) is 11.9. The fraction of sp³-hybridized carbons (Fsp3) is 0.133. The van der Waals surface area contributed by atoms with Gasteiger partial charge in [-0.1, -0.05) is 18.2 Å². The van der Waals surface area contributed by atoms with Crippen LogP contribution in [0, 0.1) is 11.6 Å². The summed E-state index contributed by atoms with van der Waals surface area (Å²) in [5, 5.41) is 2.58. The van der Waals surface area contributed by atoms with Gasteiger partial charge in [0.15, 0.2) is 0 Å². The number of rotatable bonds is 5. The minimum Gasteiger partial charge on any atom is -0.396 e. The summed E-state index contributed by atoms with van der Waals surface area (Å²) in [5.74, 6) is -1.75. The molecule has 0 spiro atoms. The van der Waals surface area contributed by atoms with Gasteiger partial charge in [-0.15, -0.1) is 11.8 Å². The summed E-state index contributed by atoms with van der Waals surface area (Å²) < 4.78 is 26.5. The number of anilines is 1. The Kier molecular flexibility index (Phi) is 5.16. The molecule has 0 aliphatic heterocycles. The summed E-state index contributed by atoms with van der Waals surface area (Å²) in [6.45, 7) is 0.370. The van der Waals surface area contributed by atoms with Crippen molar-refractivity contribution in [1.82, 2.24) is 5.32 Å². The SMILES string of the molecule is Nc1cc(C(=O)NCCSc2ccccc2)c(F)cc1F. The van der Waals surface area contributed by atoms with Crippen LogP contribution in [0.3, 0.4) is 0 Å². The van der Waals surface area contributed by atoms with Crippen molar-refractivity contribution in [2.75, 3.05) is 18.0 Å². The number of nitrogen functional groups attached to an aromatic ring is 1. The van der Waals surface area contributed by atoms with Gasteiger partial charge in [-0.3, -0.25) is 4.79 Å². The van der Waals surface area contributed by atoms with Gasteiger partial charge >= 0.3 is 0 Å². The van der Waals surface area contributed by atoms with E-state index in [0.717, 1.165) is 11.0 Å². The summed E-state index contributed by atoms with van der Waals surface area (Å²) in [6, 6.07) is 11.3. The van der Waals surface area contributed by atoms with Gasteiger partial charge in [-0.25, -0.2) is 8.78 Å². The molecule has 2 aromatic carbocycles. The van der Waals surface area contributed by atoms with Gasteiger partial charge in [0.05, 0.1) is 11.3 Å². The Balaban J connectivity index is 1.86. The van der Waals surface area contributed by atoms with E-state index in [1.54, 1.807) is 11.8 Å². The van der Waals surface area contributed by atoms with Crippen molar-refractivity contribution in [3.05, 3.63) is 59.7 Å². The molecule has 0 unspecified atom stereocenters. The second kappa shape index (κ2) is 7.08. The Morgan fingerprint density at radius 2 is 1.86 bits per heavy atom. The molecule has 6 heteroatoms. The molecule has 2 rings (SSSR count). The van der Waals surface area contributed by atoms with E-state index in [-0.39, 0.29) is 11.3 Å². The van der Waals surface area contributed by atoms with Crippen molar-refractivity contribution in [2.24, 2.45) is 0 Å². The van der Waals surface area contributed by atoms with Crippen molar-refractivity contribution in [1.29, 1.82) is 0 Å². The topological polar surface area (TPSA) is 55.1 Å². The molecule has 0 saturated heterocycles. The Morgan fingerprint density at radius 3 is 2.57 bits per heavy atom. The van der Waals surface area contributed by atoms with Gasteiger partial charge in [0.1, 0.15) is 11.6 Å². The zero-order valence-electron chi connectivity index (χ0n) is 11.1. The lowest BCUT2D eigenvalue weighted by molar-refractivity contribution is 0.0952. The fourth-order valence-electron chi connectivity index (χ4n) is 1.69. The Bertz CT molecular complexity index is 635. The first-order valence-electron chi connectivity index (χ1n) is 6.28. The number of nitrogens with two attached hydrogens (primary N) is 1. The van der Waals surface area contributed by atoms with Crippen LogP contribution in [-0.2, 0) is 0 Å². The maximum Gasteiger partial charge on any atom is 0.254 e. The van der Waals surface area contributed by atoms with Crippen LogP contribution in [0.1, 0.15) is 10.4 Å². The summed E-state index contributed by atoms with van der Waals surface area (Å²) in [6.07, 6.45) is 0. The molecule has 3 nitrogen and oxygen atoms in total. The molecule has 0 radical (unpaired) electrons. The van der Waals surface area contributed by atoms with E-state index in [1.165, 1.54) is 0 Å². The highest BCUT2D eigenvalue weighted by molar-refractivity contribution is 7.99. The highest BCUT2D eigenvalue weighted by Gasteiger charge is 2.14. The Labute approximate surface area is 125 Å². The van der Waals surface area contributed by atoms with E-state index in [1.807, 2.05) is 30.3 Å². The Morgan fingerprint density at radius 1 is 1.14 bits per heavy atom. The fourth-order valence-corrected chi connectivity index (χ4v) is 2.47. The molecule has 0 bridgehead atoms. The molecule has 21 heavy (non-hydrogen) atoms. The third-order valence-electron chi connectivity index (χ3n) is 2.73. The molecular formula is C15H14F2N2OS. The van der Waals surface area contributed by atoms with Gasteiger partial charge in [0.2, 0.25) is 0 Å². The number of hydrogen-bond donors (Lipinski definition) is 2. The lowest BCUT2D eigenvalue weighted by atomic mass is 10.1. The second-order valence-electron chi connectivity index (χ2n) is 4.27. The van der Waals surface area contributed by atoms with E-state index < -0.39 is 17.5 Å². The van der Waals surface area contributed by atoms with Crippen LogP contribution in [0.4, 0.5) is 14.5 Å². The molecule has 0 aliphatic rings. The van der Waals surface area contributed by atoms with Gasteiger partial charge in [-0.05, 0) is 18.2 Å². The average molecular weight is 308 g/mol. The smallest absolute Gasteiger partial charge is 0.254 e. The van der Waals surface area contributed by atoms with Crippen LogP contribution in [0.5, 0.6) is 0 Å². The first-order chi connectivity index (χ1) is 10.1. The third kappa shape index (κ3) is 4.19. The molecule has 2 aromatic rings. The molecule has 3 N–H and O–H groups in total. The molecule has 110 valence electrons. The number of thioether (sulfide) groups is 1. The van der Waals surface area contributed by atoms with Gasteiger partial charge < -0.3 is 11.1 Å². The van der Waals surface area contributed by atoms with Crippen LogP contribution < -0.4 is 11.1 Å². The number of amides is 1. The number of benzene rings is 2. The molecule has 0 saturated carbocycles. The second-order valence-corrected chi connectivity index (χ2v) is 5.44. The van der Waals surface area contributed by atoms with E-state index in [9.17, 15) is 13.6 Å². The average Bonchev–Trinajstić information content (AvgIpc) is 2.48. The largest absolute Gasteiger partial charge is 0.396 e. The predicted molar refractivity (Wildman–Crippen MR) is 80.3 cm³/mol. The molecule has 0 heterocycles. The highest BCUT2D eigenvalue weighted by Crippen LogP contribution is 2.17. The first kappa shape index (κ1) is 15.3. The highest BCUT2D eigenvalue weighted by atomic mass is 32.2. The summed E-state index contributed by atoms with van der Waals surface area (Å²) in [4.78, 5) is 12.9. The van der Waals surface area contributed by atoms with Crippen LogP contribution in [0.25, 0.3) is 0 Å². The Hall–Kier alpha value is -2.08. The monoisotopic (exact) mass is 308 g/mol. The quantitative estimate of drug-likeness (QED) is 0.507. The zero-order chi connectivity index (χ0) is 15.2. The van der Waals surface area contributed by atoms with Gasteiger partial charge in [0.25, 0.3) is 5.91 Å². The van der Waals surface area contributed by atoms with Crippen LogP contribution in [0.2, 0.25) is 0 Å². The summed E-state index contributed by atoms with van der Waals surface area (Å²) >= 11 is 1.57. The van der Waals surface area contributed by atoms with Crippen molar-refractivity contribution in [2.45, 2.75) is 4.90 Å². The molecule has 1 amide bonds. The number of hydrogen-bond acceptors (Lipinski definition) is 3. The van der Waals surface area contributed by atoms with Gasteiger partial charge in [0, 0.05) is 23.3 Å². The van der Waals surface area contributed by atoms with Crippen LogP contribution in [0.15, 0.2) is 47.4 Å². The van der Waals surface area contributed by atoms with Crippen molar-refractivity contribution in [3.63, 3.8) is 0 Å². The molecule has 0 atom stereocenters. The minimum atomic E-state index is -0.921. The molecule has 0 aliphatic carbocycles. The van der Waals surface area contributed by atoms with Gasteiger partial charge in [-0.2, -0.15) is 0 Å². The maximum atomic E-state index is 13.5. The lowest BCUT2D eigenvalue weighted by Crippen LogP contribution is -2.26. The molecule has 0 fully saturated rings.